The van der Waals surface area contributed by atoms with Crippen molar-refractivity contribution in [1.82, 2.24) is 5.32 Å². The van der Waals surface area contributed by atoms with E-state index in [1.807, 2.05) is 13.8 Å². The fraction of sp³-hybridized carbons (Fsp3) is 0.462. The lowest BCUT2D eigenvalue weighted by Gasteiger charge is -2.15. The highest BCUT2D eigenvalue weighted by Crippen LogP contribution is 2.21. The highest BCUT2D eigenvalue weighted by molar-refractivity contribution is 6.30. The Kier molecular flexibility index (Phi) is 5.95. The number of ether oxygens (including phenoxy) is 1. The maximum absolute atomic E-state index is 11.5. The summed E-state index contributed by atoms with van der Waals surface area (Å²) in [6.45, 7) is 3.62. The third kappa shape index (κ3) is 4.55. The summed E-state index contributed by atoms with van der Waals surface area (Å²) < 4.78 is 5.39. The minimum atomic E-state index is -0.245. The van der Waals surface area contributed by atoms with Crippen LogP contribution in [0.4, 0.5) is 0 Å². The van der Waals surface area contributed by atoms with Crippen LogP contribution < -0.4 is 10.1 Å². The van der Waals surface area contributed by atoms with E-state index in [2.05, 4.69) is 5.32 Å². The fourth-order valence-electron chi connectivity index (χ4n) is 1.46. The van der Waals surface area contributed by atoms with Gasteiger partial charge in [-0.25, -0.2) is 0 Å². The number of rotatable bonds is 6. The number of carbonyl (C=O) groups excluding carboxylic acids is 1. The van der Waals surface area contributed by atoms with E-state index in [0.29, 0.717) is 17.2 Å². The van der Waals surface area contributed by atoms with Crippen LogP contribution in [0.1, 0.15) is 18.9 Å². The minimum absolute atomic E-state index is 0.0672. The molecule has 4 nitrogen and oxygen atoms in total. The molecule has 0 saturated heterocycles. The highest BCUT2D eigenvalue weighted by Gasteiger charge is 2.10. The lowest BCUT2D eigenvalue weighted by molar-refractivity contribution is -0.124. The third-order valence-electron chi connectivity index (χ3n) is 2.57. The van der Waals surface area contributed by atoms with E-state index < -0.39 is 0 Å². The molecule has 5 heteroatoms. The lowest BCUT2D eigenvalue weighted by Crippen LogP contribution is -2.39. The summed E-state index contributed by atoms with van der Waals surface area (Å²) >= 11 is 5.82. The zero-order chi connectivity index (χ0) is 13.5. The molecule has 1 aromatic carbocycles. The van der Waals surface area contributed by atoms with Gasteiger partial charge in [0.05, 0.1) is 12.6 Å². The Morgan fingerprint density at radius 3 is 2.83 bits per heavy atom. The number of aryl methyl sites for hydroxylation is 1. The standard InChI is InChI=1S/C13H18ClNO3/c1-3-11(7-16)15-13(17)8-18-12-5-4-10(14)6-9(12)2/h4-6,11,16H,3,7-8H2,1-2H3,(H,15,17)/t11-/m1/s1. The molecule has 0 aliphatic heterocycles. The topological polar surface area (TPSA) is 58.6 Å². The Morgan fingerprint density at radius 1 is 1.56 bits per heavy atom. The Balaban J connectivity index is 2.47. The van der Waals surface area contributed by atoms with Crippen LogP contribution in [-0.2, 0) is 4.79 Å². The molecule has 0 spiro atoms. The van der Waals surface area contributed by atoms with Gasteiger partial charge in [-0.3, -0.25) is 4.79 Å². The second-order valence-electron chi connectivity index (χ2n) is 4.05. The Hall–Kier alpha value is -1.26. The van der Waals surface area contributed by atoms with Crippen LogP contribution >= 0.6 is 11.6 Å². The van der Waals surface area contributed by atoms with Gasteiger partial charge in [-0.05, 0) is 37.1 Å². The Bertz CT molecular complexity index is 405. The molecule has 1 rings (SSSR count). The van der Waals surface area contributed by atoms with Crippen molar-refractivity contribution in [3.05, 3.63) is 28.8 Å². The number of hydrogen-bond acceptors (Lipinski definition) is 3. The normalized spacial score (nSPS) is 12.0. The zero-order valence-electron chi connectivity index (χ0n) is 10.6. The number of aliphatic hydroxyl groups excluding tert-OH is 1. The molecule has 0 aliphatic rings. The smallest absolute Gasteiger partial charge is 0.258 e. The largest absolute Gasteiger partial charge is 0.484 e. The van der Waals surface area contributed by atoms with E-state index in [1.165, 1.54) is 0 Å². The predicted molar refractivity (Wildman–Crippen MR) is 71.0 cm³/mol. The van der Waals surface area contributed by atoms with Gasteiger partial charge in [0.2, 0.25) is 0 Å². The number of benzene rings is 1. The summed E-state index contributed by atoms with van der Waals surface area (Å²) in [5.41, 5.74) is 0.879. The predicted octanol–water partition coefficient (Wildman–Crippen LogP) is 1.91. The Labute approximate surface area is 112 Å². The van der Waals surface area contributed by atoms with E-state index in [1.54, 1.807) is 18.2 Å². The van der Waals surface area contributed by atoms with Crippen LogP contribution in [0, 0.1) is 6.92 Å². The molecule has 0 bridgehead atoms. The highest BCUT2D eigenvalue weighted by atomic mass is 35.5. The van der Waals surface area contributed by atoms with Crippen molar-refractivity contribution in [2.24, 2.45) is 0 Å². The van der Waals surface area contributed by atoms with Crippen molar-refractivity contribution in [1.29, 1.82) is 0 Å². The minimum Gasteiger partial charge on any atom is -0.484 e. The van der Waals surface area contributed by atoms with E-state index in [0.717, 1.165) is 5.56 Å². The van der Waals surface area contributed by atoms with Crippen molar-refractivity contribution in [2.75, 3.05) is 13.2 Å². The molecule has 1 atom stereocenters. The average Bonchev–Trinajstić information content (AvgIpc) is 2.35. The molecule has 0 saturated carbocycles. The first kappa shape index (κ1) is 14.8. The monoisotopic (exact) mass is 271 g/mol. The molecule has 1 amide bonds. The van der Waals surface area contributed by atoms with Crippen LogP contribution in [0.25, 0.3) is 0 Å². The zero-order valence-corrected chi connectivity index (χ0v) is 11.3. The molecule has 0 aromatic heterocycles. The van der Waals surface area contributed by atoms with Gasteiger partial charge in [-0.1, -0.05) is 18.5 Å². The van der Waals surface area contributed by atoms with E-state index in [9.17, 15) is 4.79 Å². The molecule has 18 heavy (non-hydrogen) atoms. The first-order valence-electron chi connectivity index (χ1n) is 5.86. The molecule has 0 aliphatic carbocycles. The quantitative estimate of drug-likeness (QED) is 0.831. The molecular weight excluding hydrogens is 254 g/mol. The molecule has 0 unspecified atom stereocenters. The van der Waals surface area contributed by atoms with Crippen molar-refractivity contribution in [3.63, 3.8) is 0 Å². The van der Waals surface area contributed by atoms with Crippen LogP contribution in [0.5, 0.6) is 5.75 Å². The van der Waals surface area contributed by atoms with E-state index in [-0.39, 0.29) is 25.2 Å². The van der Waals surface area contributed by atoms with Gasteiger partial charge in [0.15, 0.2) is 6.61 Å². The molecule has 1 aromatic rings. The summed E-state index contributed by atoms with van der Waals surface area (Å²) in [5.74, 6) is 0.386. The van der Waals surface area contributed by atoms with Gasteiger partial charge in [-0.2, -0.15) is 0 Å². The van der Waals surface area contributed by atoms with Crippen molar-refractivity contribution in [3.8, 4) is 5.75 Å². The van der Waals surface area contributed by atoms with Crippen LogP contribution in [0.15, 0.2) is 18.2 Å². The summed E-state index contributed by atoms with van der Waals surface area (Å²) in [6.07, 6.45) is 0.683. The van der Waals surface area contributed by atoms with Gasteiger partial charge < -0.3 is 15.2 Å². The number of halogens is 1. The summed E-state index contributed by atoms with van der Waals surface area (Å²) in [7, 11) is 0. The number of hydrogen-bond donors (Lipinski definition) is 2. The second-order valence-corrected chi connectivity index (χ2v) is 4.49. The fourth-order valence-corrected chi connectivity index (χ4v) is 1.69. The van der Waals surface area contributed by atoms with Gasteiger partial charge in [0.1, 0.15) is 5.75 Å². The summed E-state index contributed by atoms with van der Waals surface area (Å²) in [5, 5.41) is 12.3. The number of carbonyl (C=O) groups is 1. The molecule has 0 fully saturated rings. The summed E-state index contributed by atoms with van der Waals surface area (Å²) in [6, 6.07) is 5.00. The Morgan fingerprint density at radius 2 is 2.28 bits per heavy atom. The first-order chi connectivity index (χ1) is 8.56. The molecule has 2 N–H and O–H groups in total. The third-order valence-corrected chi connectivity index (χ3v) is 2.81. The SMILES string of the molecule is CC[C@H](CO)NC(=O)COc1ccc(Cl)cc1C. The van der Waals surface area contributed by atoms with Crippen LogP contribution in [-0.4, -0.2) is 30.3 Å². The summed E-state index contributed by atoms with van der Waals surface area (Å²) in [4.78, 5) is 11.5. The average molecular weight is 272 g/mol. The molecular formula is C13H18ClNO3. The van der Waals surface area contributed by atoms with Crippen LogP contribution in [0.2, 0.25) is 5.02 Å². The van der Waals surface area contributed by atoms with Crippen molar-refractivity contribution >= 4 is 17.5 Å². The van der Waals surface area contributed by atoms with Crippen LogP contribution in [0.3, 0.4) is 0 Å². The van der Waals surface area contributed by atoms with E-state index >= 15 is 0 Å². The number of amides is 1. The van der Waals surface area contributed by atoms with E-state index in [4.69, 9.17) is 21.4 Å². The maximum Gasteiger partial charge on any atom is 0.258 e. The van der Waals surface area contributed by atoms with Gasteiger partial charge >= 0.3 is 0 Å². The number of nitrogens with one attached hydrogen (secondary N) is 1. The van der Waals surface area contributed by atoms with Crippen molar-refractivity contribution < 1.29 is 14.6 Å². The lowest BCUT2D eigenvalue weighted by atomic mass is 10.2. The molecule has 100 valence electrons. The molecule has 0 radical (unpaired) electrons. The van der Waals surface area contributed by atoms with Gasteiger partial charge in [0, 0.05) is 5.02 Å². The van der Waals surface area contributed by atoms with Crippen molar-refractivity contribution in [2.45, 2.75) is 26.3 Å². The number of aliphatic hydroxyl groups is 1. The second kappa shape index (κ2) is 7.24. The first-order valence-corrected chi connectivity index (χ1v) is 6.23. The maximum atomic E-state index is 11.5. The van der Waals surface area contributed by atoms with Gasteiger partial charge in [0.25, 0.3) is 5.91 Å². The molecule has 0 heterocycles. The van der Waals surface area contributed by atoms with Gasteiger partial charge in [-0.15, -0.1) is 0 Å².